The highest BCUT2D eigenvalue weighted by Gasteiger charge is 2.50. The van der Waals surface area contributed by atoms with Crippen molar-refractivity contribution in [3.05, 3.63) is 12.7 Å². The van der Waals surface area contributed by atoms with E-state index in [1.165, 1.54) is 17.8 Å². The molecule has 0 saturated carbocycles. The minimum absolute atomic E-state index is 0.387. The lowest BCUT2D eigenvalue weighted by molar-refractivity contribution is -0.176. The normalized spacial score (nSPS) is 38.0. The van der Waals surface area contributed by atoms with Crippen LogP contribution in [0.4, 0.5) is 0 Å². The van der Waals surface area contributed by atoms with Gasteiger partial charge in [0.05, 0.1) is 0 Å². The fourth-order valence-electron chi connectivity index (χ4n) is 2.41. The van der Waals surface area contributed by atoms with Gasteiger partial charge >= 0.3 is 0 Å². The summed E-state index contributed by atoms with van der Waals surface area (Å²) in [6.45, 7) is 6.42. The van der Waals surface area contributed by atoms with E-state index < -0.39 is 30.5 Å². The SMILES string of the molecule is C=C[C@@H](O)[C@H]1O[C@@H]2SC(N(C)CCC)=N[C@@H]2[C@@H](O)[C@@H]1O. The van der Waals surface area contributed by atoms with Crippen molar-refractivity contribution in [3.63, 3.8) is 0 Å². The van der Waals surface area contributed by atoms with Crippen molar-refractivity contribution in [2.45, 2.75) is 49.2 Å². The Balaban J connectivity index is 2.11. The third-order valence-electron chi connectivity index (χ3n) is 3.55. The standard InChI is InChI=1S/C13H22N2O4S/c1-4-6-15(3)13-14-8-9(17)10(18)11(7(16)5-2)19-12(8)20-13/h5,7-12,16-18H,2,4,6H2,1,3H3/t7-,8-,9-,10+,11-,12-/m1/s1. The molecule has 114 valence electrons. The first-order valence-electron chi connectivity index (χ1n) is 6.77. The Morgan fingerprint density at radius 3 is 2.80 bits per heavy atom. The van der Waals surface area contributed by atoms with Crippen LogP contribution in [0.5, 0.6) is 0 Å². The number of ether oxygens (including phenoxy) is 1. The molecule has 6 nitrogen and oxygen atoms in total. The molecule has 0 aromatic heterocycles. The first kappa shape index (κ1) is 15.8. The highest BCUT2D eigenvalue weighted by molar-refractivity contribution is 8.14. The van der Waals surface area contributed by atoms with Gasteiger partial charge in [0.25, 0.3) is 0 Å². The van der Waals surface area contributed by atoms with Gasteiger partial charge < -0.3 is 25.0 Å². The summed E-state index contributed by atoms with van der Waals surface area (Å²) in [5.74, 6) is 0. The van der Waals surface area contributed by atoms with Gasteiger partial charge in [-0.3, -0.25) is 4.99 Å². The molecule has 0 bridgehead atoms. The molecule has 0 unspecified atom stereocenters. The Bertz CT molecular complexity index is 393. The van der Waals surface area contributed by atoms with Crippen molar-refractivity contribution in [1.82, 2.24) is 4.90 Å². The van der Waals surface area contributed by atoms with Gasteiger partial charge in [0, 0.05) is 13.6 Å². The molecule has 6 atom stereocenters. The van der Waals surface area contributed by atoms with E-state index in [1.54, 1.807) is 0 Å². The smallest absolute Gasteiger partial charge is 0.162 e. The van der Waals surface area contributed by atoms with E-state index in [1.807, 2.05) is 11.9 Å². The van der Waals surface area contributed by atoms with Crippen molar-refractivity contribution < 1.29 is 20.1 Å². The molecule has 2 rings (SSSR count). The second-order valence-electron chi connectivity index (χ2n) is 5.12. The van der Waals surface area contributed by atoms with Crippen molar-refractivity contribution in [2.75, 3.05) is 13.6 Å². The highest BCUT2D eigenvalue weighted by atomic mass is 32.2. The molecule has 3 N–H and O–H groups in total. The molecule has 2 heterocycles. The third kappa shape index (κ3) is 2.87. The number of amidine groups is 1. The van der Waals surface area contributed by atoms with Crippen LogP contribution in [0.1, 0.15) is 13.3 Å². The summed E-state index contributed by atoms with van der Waals surface area (Å²) in [6, 6.07) is -0.502. The number of aliphatic hydroxyl groups is 3. The van der Waals surface area contributed by atoms with E-state index in [9.17, 15) is 15.3 Å². The van der Waals surface area contributed by atoms with Crippen molar-refractivity contribution in [2.24, 2.45) is 4.99 Å². The van der Waals surface area contributed by atoms with Gasteiger partial charge in [-0.1, -0.05) is 24.8 Å². The molecule has 2 aliphatic rings. The van der Waals surface area contributed by atoms with Crippen LogP contribution in [0.15, 0.2) is 17.6 Å². The zero-order chi connectivity index (χ0) is 14.9. The lowest BCUT2D eigenvalue weighted by Gasteiger charge is -2.39. The van der Waals surface area contributed by atoms with Crippen molar-refractivity contribution in [1.29, 1.82) is 0 Å². The topological polar surface area (TPSA) is 85.5 Å². The summed E-state index contributed by atoms with van der Waals surface area (Å²) in [7, 11) is 1.94. The summed E-state index contributed by atoms with van der Waals surface area (Å²) in [6.07, 6.45) is -1.82. The van der Waals surface area contributed by atoms with Crippen LogP contribution in [0, 0.1) is 0 Å². The number of aliphatic hydroxyl groups excluding tert-OH is 3. The second-order valence-corrected chi connectivity index (χ2v) is 6.18. The van der Waals surface area contributed by atoms with E-state index in [2.05, 4.69) is 18.5 Å². The molecule has 0 radical (unpaired) electrons. The molecule has 2 aliphatic heterocycles. The Morgan fingerprint density at radius 1 is 1.50 bits per heavy atom. The lowest BCUT2D eigenvalue weighted by Crippen LogP contribution is -2.57. The maximum Gasteiger partial charge on any atom is 0.162 e. The van der Waals surface area contributed by atoms with Crippen LogP contribution in [-0.4, -0.2) is 74.9 Å². The van der Waals surface area contributed by atoms with Gasteiger partial charge in [0.2, 0.25) is 0 Å². The van der Waals surface area contributed by atoms with Crippen LogP contribution >= 0.6 is 11.8 Å². The summed E-state index contributed by atoms with van der Waals surface area (Å²) in [4.78, 5) is 6.45. The van der Waals surface area contributed by atoms with E-state index >= 15 is 0 Å². The maximum atomic E-state index is 10.2. The van der Waals surface area contributed by atoms with Gasteiger partial charge in [-0.15, -0.1) is 6.58 Å². The minimum Gasteiger partial charge on any atom is -0.388 e. The average Bonchev–Trinajstić information content (AvgIpc) is 2.86. The molecule has 1 saturated heterocycles. The third-order valence-corrected chi connectivity index (χ3v) is 4.80. The fourth-order valence-corrected chi connectivity index (χ4v) is 3.61. The number of hydrogen-bond donors (Lipinski definition) is 3. The Hall–Kier alpha value is -0.600. The monoisotopic (exact) mass is 302 g/mol. The Labute approximate surface area is 123 Å². The number of nitrogens with zero attached hydrogens (tertiary/aromatic N) is 2. The number of aliphatic imine (C=N–C) groups is 1. The highest BCUT2D eigenvalue weighted by Crippen LogP contribution is 2.38. The lowest BCUT2D eigenvalue weighted by atomic mass is 9.95. The quantitative estimate of drug-likeness (QED) is 0.623. The molecule has 7 heteroatoms. The first-order valence-corrected chi connectivity index (χ1v) is 7.65. The predicted octanol–water partition coefficient (Wildman–Crippen LogP) is -0.207. The van der Waals surface area contributed by atoms with Crippen LogP contribution in [0.25, 0.3) is 0 Å². The van der Waals surface area contributed by atoms with E-state index in [-0.39, 0.29) is 5.44 Å². The fraction of sp³-hybridized carbons (Fsp3) is 0.769. The van der Waals surface area contributed by atoms with E-state index in [0.29, 0.717) is 0 Å². The number of thioether (sulfide) groups is 1. The number of rotatable bonds is 4. The zero-order valence-electron chi connectivity index (χ0n) is 11.7. The molecule has 1 fully saturated rings. The molecular formula is C13H22N2O4S. The van der Waals surface area contributed by atoms with Gasteiger partial charge in [-0.2, -0.15) is 0 Å². The van der Waals surface area contributed by atoms with E-state index in [0.717, 1.165) is 18.1 Å². The molecular weight excluding hydrogens is 280 g/mol. The van der Waals surface area contributed by atoms with Gasteiger partial charge in [-0.05, 0) is 6.42 Å². The second kappa shape index (κ2) is 6.44. The number of hydrogen-bond acceptors (Lipinski definition) is 7. The van der Waals surface area contributed by atoms with Crippen molar-refractivity contribution in [3.8, 4) is 0 Å². The number of fused-ring (bicyclic) bond motifs is 1. The molecule has 0 aromatic rings. The largest absolute Gasteiger partial charge is 0.388 e. The Kier molecular flexibility index (Phi) is 5.09. The summed E-state index contributed by atoms with van der Waals surface area (Å²) in [5.41, 5.74) is -0.387. The minimum atomic E-state index is -1.18. The Morgan fingerprint density at radius 2 is 2.20 bits per heavy atom. The van der Waals surface area contributed by atoms with Crippen LogP contribution in [0.2, 0.25) is 0 Å². The predicted molar refractivity (Wildman–Crippen MR) is 78.6 cm³/mol. The average molecular weight is 302 g/mol. The van der Waals surface area contributed by atoms with Crippen LogP contribution in [0.3, 0.4) is 0 Å². The summed E-state index contributed by atoms with van der Waals surface area (Å²) in [5, 5.41) is 30.8. The van der Waals surface area contributed by atoms with Gasteiger partial charge in [0.1, 0.15) is 35.9 Å². The van der Waals surface area contributed by atoms with Gasteiger partial charge in [0.15, 0.2) is 5.17 Å². The molecule has 0 amide bonds. The summed E-state index contributed by atoms with van der Waals surface area (Å²) < 4.78 is 5.69. The molecule has 20 heavy (non-hydrogen) atoms. The first-order chi connectivity index (χ1) is 9.49. The van der Waals surface area contributed by atoms with E-state index in [4.69, 9.17) is 4.74 Å². The summed E-state index contributed by atoms with van der Waals surface area (Å²) >= 11 is 1.42. The van der Waals surface area contributed by atoms with Crippen LogP contribution in [-0.2, 0) is 4.74 Å². The maximum absolute atomic E-state index is 10.2. The van der Waals surface area contributed by atoms with Crippen LogP contribution < -0.4 is 0 Å². The zero-order valence-corrected chi connectivity index (χ0v) is 12.5. The molecule has 0 spiro atoms. The molecule has 0 aromatic carbocycles. The molecule has 0 aliphatic carbocycles. The van der Waals surface area contributed by atoms with Crippen molar-refractivity contribution >= 4 is 16.9 Å². The van der Waals surface area contributed by atoms with Gasteiger partial charge in [-0.25, -0.2) is 0 Å².